The first-order valence-corrected chi connectivity index (χ1v) is 8.61. The van der Waals surface area contributed by atoms with Gasteiger partial charge in [0.05, 0.1) is 23.1 Å². The molecule has 0 bridgehead atoms. The summed E-state index contributed by atoms with van der Waals surface area (Å²) in [5, 5.41) is 2.46. The fourth-order valence-corrected chi connectivity index (χ4v) is 3.43. The highest BCUT2D eigenvalue weighted by atomic mass is 19.1. The predicted octanol–water partition coefficient (Wildman–Crippen LogP) is 4.69. The number of carbonyl (C=O) groups excluding carboxylic acids is 1. The van der Waals surface area contributed by atoms with Gasteiger partial charge in [0.2, 0.25) is 0 Å². The highest BCUT2D eigenvalue weighted by Crippen LogP contribution is 2.37. The van der Waals surface area contributed by atoms with Gasteiger partial charge in [-0.1, -0.05) is 18.2 Å². The van der Waals surface area contributed by atoms with Crippen LogP contribution in [-0.2, 0) is 6.42 Å². The van der Waals surface area contributed by atoms with Gasteiger partial charge >= 0.3 is 0 Å². The van der Waals surface area contributed by atoms with Crippen LogP contribution in [0.3, 0.4) is 0 Å². The van der Waals surface area contributed by atoms with Gasteiger partial charge in [-0.3, -0.25) is 9.78 Å². The zero-order valence-electron chi connectivity index (χ0n) is 14.6. The Balaban J connectivity index is 1.62. The molecule has 136 valence electrons. The Morgan fingerprint density at radius 3 is 2.78 bits per heavy atom. The lowest BCUT2D eigenvalue weighted by molar-refractivity contribution is 0.102. The van der Waals surface area contributed by atoms with E-state index in [9.17, 15) is 13.6 Å². The number of benzene rings is 2. The van der Waals surface area contributed by atoms with Crippen LogP contribution in [0.4, 0.5) is 25.8 Å². The molecule has 2 aromatic carbocycles. The molecule has 6 heteroatoms. The van der Waals surface area contributed by atoms with Crippen LogP contribution in [0.1, 0.15) is 22.8 Å². The highest BCUT2D eigenvalue weighted by molar-refractivity contribution is 6.04. The summed E-state index contributed by atoms with van der Waals surface area (Å²) >= 11 is 0. The highest BCUT2D eigenvalue weighted by Gasteiger charge is 2.27. The van der Waals surface area contributed by atoms with Gasteiger partial charge in [-0.2, -0.15) is 0 Å². The lowest BCUT2D eigenvalue weighted by Crippen LogP contribution is -2.24. The molecule has 2 heterocycles. The molecule has 1 atom stereocenters. The van der Waals surface area contributed by atoms with Crippen LogP contribution >= 0.6 is 0 Å². The molecule has 1 amide bonds. The molecule has 0 fully saturated rings. The van der Waals surface area contributed by atoms with E-state index < -0.39 is 17.5 Å². The summed E-state index contributed by atoms with van der Waals surface area (Å²) in [5.74, 6) is -2.03. The van der Waals surface area contributed by atoms with Crippen LogP contribution in [0.25, 0.3) is 0 Å². The van der Waals surface area contributed by atoms with Gasteiger partial charge in [-0.05, 0) is 43.2 Å². The predicted molar refractivity (Wildman–Crippen MR) is 100 cm³/mol. The Kier molecular flexibility index (Phi) is 4.32. The molecular formula is C21H17F2N3O. The number of nitrogens with one attached hydrogen (secondary N) is 1. The van der Waals surface area contributed by atoms with E-state index in [1.54, 1.807) is 12.3 Å². The molecular weight excluding hydrogens is 348 g/mol. The second-order valence-corrected chi connectivity index (χ2v) is 6.56. The molecule has 0 radical (unpaired) electrons. The number of aromatic nitrogens is 1. The molecule has 1 unspecified atom stereocenters. The third-order valence-corrected chi connectivity index (χ3v) is 4.65. The molecule has 3 aromatic rings. The summed E-state index contributed by atoms with van der Waals surface area (Å²) in [6.45, 7) is 2.11. The van der Waals surface area contributed by atoms with Crippen molar-refractivity contribution >= 4 is 23.0 Å². The van der Waals surface area contributed by atoms with Crippen molar-refractivity contribution in [3.63, 3.8) is 0 Å². The van der Waals surface area contributed by atoms with E-state index in [1.165, 1.54) is 17.8 Å². The van der Waals surface area contributed by atoms with Crippen molar-refractivity contribution in [2.75, 3.05) is 10.2 Å². The van der Waals surface area contributed by atoms with Gasteiger partial charge in [0.15, 0.2) is 0 Å². The maximum absolute atomic E-state index is 13.8. The Labute approximate surface area is 155 Å². The summed E-state index contributed by atoms with van der Waals surface area (Å²) in [5.41, 5.74) is 3.35. The fraction of sp³-hybridized carbons (Fsp3) is 0.143. The van der Waals surface area contributed by atoms with E-state index in [4.69, 9.17) is 0 Å². The average molecular weight is 365 g/mol. The summed E-state index contributed by atoms with van der Waals surface area (Å²) in [6, 6.07) is 13.1. The first kappa shape index (κ1) is 17.1. The van der Waals surface area contributed by atoms with E-state index in [-0.39, 0.29) is 11.7 Å². The molecule has 1 aromatic heterocycles. The van der Waals surface area contributed by atoms with Gasteiger partial charge in [-0.25, -0.2) is 8.78 Å². The Morgan fingerprint density at radius 2 is 1.96 bits per heavy atom. The number of anilines is 3. The van der Waals surface area contributed by atoms with Crippen LogP contribution in [0.15, 0.2) is 60.9 Å². The summed E-state index contributed by atoms with van der Waals surface area (Å²) < 4.78 is 26.8. The van der Waals surface area contributed by atoms with E-state index in [2.05, 4.69) is 28.2 Å². The number of nitrogens with zero attached hydrogens (tertiary/aromatic N) is 2. The van der Waals surface area contributed by atoms with Gasteiger partial charge < -0.3 is 10.2 Å². The third-order valence-electron chi connectivity index (χ3n) is 4.65. The van der Waals surface area contributed by atoms with Crippen LogP contribution < -0.4 is 10.2 Å². The Morgan fingerprint density at radius 1 is 1.15 bits per heavy atom. The number of para-hydroxylation sites is 1. The van der Waals surface area contributed by atoms with Gasteiger partial charge in [0, 0.05) is 24.0 Å². The maximum atomic E-state index is 13.8. The minimum Gasteiger partial charge on any atom is -0.337 e. The van der Waals surface area contributed by atoms with Gasteiger partial charge in [-0.15, -0.1) is 0 Å². The van der Waals surface area contributed by atoms with Crippen LogP contribution in [0.2, 0.25) is 0 Å². The number of rotatable bonds is 3. The quantitative estimate of drug-likeness (QED) is 0.732. The monoisotopic (exact) mass is 365 g/mol. The van der Waals surface area contributed by atoms with Crippen molar-refractivity contribution in [1.29, 1.82) is 0 Å². The largest absolute Gasteiger partial charge is 0.337 e. The maximum Gasteiger partial charge on any atom is 0.257 e. The average Bonchev–Trinajstić information content (AvgIpc) is 2.99. The molecule has 1 aliphatic rings. The molecule has 4 nitrogen and oxygen atoms in total. The number of pyridine rings is 1. The number of hydrogen-bond donors (Lipinski definition) is 1. The third kappa shape index (κ3) is 3.26. The van der Waals surface area contributed by atoms with Crippen LogP contribution in [0.5, 0.6) is 0 Å². The van der Waals surface area contributed by atoms with E-state index in [1.807, 2.05) is 18.2 Å². The summed E-state index contributed by atoms with van der Waals surface area (Å²) in [6.07, 6.45) is 4.04. The summed E-state index contributed by atoms with van der Waals surface area (Å²) in [4.78, 5) is 18.8. The zero-order valence-corrected chi connectivity index (χ0v) is 14.6. The van der Waals surface area contributed by atoms with Crippen molar-refractivity contribution in [2.45, 2.75) is 19.4 Å². The standard InChI is InChI=1S/C21H17F2N3O/c1-13-8-14-4-2-3-5-20(14)26(13)17-9-15(11-24-12-17)21(27)25-19-7-6-16(22)10-18(19)23/h2-7,9-13H,8H2,1H3,(H,25,27). The first-order valence-electron chi connectivity index (χ1n) is 8.61. The lowest BCUT2D eigenvalue weighted by Gasteiger charge is -2.25. The van der Waals surface area contributed by atoms with Gasteiger partial charge in [0.1, 0.15) is 11.6 Å². The topological polar surface area (TPSA) is 45.2 Å². The van der Waals surface area contributed by atoms with Crippen LogP contribution in [0, 0.1) is 11.6 Å². The molecule has 4 rings (SSSR count). The van der Waals surface area contributed by atoms with Crippen molar-refractivity contribution in [3.8, 4) is 0 Å². The molecule has 1 aliphatic heterocycles. The smallest absolute Gasteiger partial charge is 0.257 e. The number of halogens is 2. The normalized spacial score (nSPS) is 15.5. The van der Waals surface area contributed by atoms with Crippen molar-refractivity contribution < 1.29 is 13.6 Å². The van der Waals surface area contributed by atoms with Crippen molar-refractivity contribution in [2.24, 2.45) is 0 Å². The fourth-order valence-electron chi connectivity index (χ4n) is 3.43. The number of hydrogen-bond acceptors (Lipinski definition) is 3. The second-order valence-electron chi connectivity index (χ2n) is 6.56. The molecule has 0 spiro atoms. The van der Waals surface area contributed by atoms with E-state index in [0.29, 0.717) is 5.56 Å². The molecule has 0 saturated carbocycles. The Hall–Kier alpha value is -3.28. The van der Waals surface area contributed by atoms with E-state index in [0.717, 1.165) is 29.9 Å². The zero-order chi connectivity index (χ0) is 19.0. The van der Waals surface area contributed by atoms with Crippen LogP contribution in [-0.4, -0.2) is 16.9 Å². The lowest BCUT2D eigenvalue weighted by atomic mass is 10.1. The second kappa shape index (κ2) is 6.79. The molecule has 0 saturated heterocycles. The number of amides is 1. The minimum absolute atomic E-state index is 0.0771. The molecule has 1 N–H and O–H groups in total. The van der Waals surface area contributed by atoms with E-state index >= 15 is 0 Å². The van der Waals surface area contributed by atoms with Crippen molar-refractivity contribution in [1.82, 2.24) is 4.98 Å². The Bertz CT molecular complexity index is 1020. The van der Waals surface area contributed by atoms with Gasteiger partial charge in [0.25, 0.3) is 5.91 Å². The molecule has 0 aliphatic carbocycles. The number of carbonyl (C=O) groups is 1. The SMILES string of the molecule is CC1Cc2ccccc2N1c1cncc(C(=O)Nc2ccc(F)cc2F)c1. The minimum atomic E-state index is -0.824. The first-order chi connectivity index (χ1) is 13.0. The molecule has 27 heavy (non-hydrogen) atoms. The van der Waals surface area contributed by atoms with Crippen molar-refractivity contribution in [3.05, 3.63) is 83.7 Å². The number of fused-ring (bicyclic) bond motifs is 1. The summed E-state index contributed by atoms with van der Waals surface area (Å²) in [7, 11) is 0.